The summed E-state index contributed by atoms with van der Waals surface area (Å²) in [5, 5.41) is 0. The maximum absolute atomic E-state index is 12.8. The van der Waals surface area contributed by atoms with Crippen molar-refractivity contribution in [2.45, 2.75) is 19.0 Å². The number of allylic oxidation sites excluding steroid dienone is 1. The van der Waals surface area contributed by atoms with Gasteiger partial charge < -0.3 is 4.90 Å². The number of nitrogens with zero attached hydrogens (tertiary/aromatic N) is 2. The van der Waals surface area contributed by atoms with Gasteiger partial charge in [-0.25, -0.2) is 4.79 Å². The standard InChI is InChI=1S/C20H20N2O2/c1-3-10-17(23)22-19(16-13-8-5-9-14-16)18(21(2)20(22)24)15-11-6-4-7-12-15/h3-14,18-19H,1-2H3/b10-3+/t18-,19-/m0/s1. The highest BCUT2D eigenvalue weighted by Crippen LogP contribution is 2.44. The smallest absolute Gasteiger partial charge is 0.318 e. The summed E-state index contributed by atoms with van der Waals surface area (Å²) in [7, 11) is 1.75. The number of amides is 3. The summed E-state index contributed by atoms with van der Waals surface area (Å²) < 4.78 is 0. The van der Waals surface area contributed by atoms with Gasteiger partial charge in [0.2, 0.25) is 0 Å². The zero-order valence-electron chi connectivity index (χ0n) is 13.8. The Morgan fingerprint density at radius 1 is 0.917 bits per heavy atom. The molecule has 1 aliphatic rings. The molecule has 2 aromatic rings. The molecule has 2 atom stereocenters. The molecular weight excluding hydrogens is 300 g/mol. The van der Waals surface area contributed by atoms with Crippen molar-refractivity contribution in [2.24, 2.45) is 0 Å². The lowest BCUT2D eigenvalue weighted by atomic mass is 9.93. The van der Waals surface area contributed by atoms with Gasteiger partial charge in [-0.15, -0.1) is 0 Å². The minimum Gasteiger partial charge on any atom is -0.318 e. The van der Waals surface area contributed by atoms with Gasteiger partial charge in [0, 0.05) is 7.05 Å². The van der Waals surface area contributed by atoms with Gasteiger partial charge >= 0.3 is 6.03 Å². The van der Waals surface area contributed by atoms with E-state index in [1.165, 1.54) is 11.0 Å². The van der Waals surface area contributed by atoms with Crippen molar-refractivity contribution in [1.29, 1.82) is 0 Å². The first-order valence-corrected chi connectivity index (χ1v) is 7.97. The van der Waals surface area contributed by atoms with Gasteiger partial charge in [-0.2, -0.15) is 0 Å². The number of carbonyl (C=O) groups is 2. The molecule has 0 saturated carbocycles. The van der Waals surface area contributed by atoms with Crippen LogP contribution in [0.25, 0.3) is 0 Å². The molecule has 4 heteroatoms. The number of hydrogen-bond acceptors (Lipinski definition) is 2. The van der Waals surface area contributed by atoms with Crippen LogP contribution >= 0.6 is 0 Å². The van der Waals surface area contributed by atoms with Crippen LogP contribution in [0.5, 0.6) is 0 Å². The van der Waals surface area contributed by atoms with Crippen LogP contribution in [0.3, 0.4) is 0 Å². The van der Waals surface area contributed by atoms with Gasteiger partial charge in [0.05, 0.1) is 12.1 Å². The molecule has 3 rings (SSSR count). The number of hydrogen-bond donors (Lipinski definition) is 0. The highest BCUT2D eigenvalue weighted by molar-refractivity contribution is 6.02. The lowest BCUT2D eigenvalue weighted by Gasteiger charge is -2.26. The molecule has 1 aliphatic heterocycles. The second-order valence-corrected chi connectivity index (χ2v) is 5.81. The predicted octanol–water partition coefficient (Wildman–Crippen LogP) is 3.94. The fraction of sp³-hybridized carbons (Fsp3) is 0.200. The van der Waals surface area contributed by atoms with Gasteiger partial charge in [0.1, 0.15) is 0 Å². The van der Waals surface area contributed by atoms with Crippen molar-refractivity contribution in [1.82, 2.24) is 9.80 Å². The van der Waals surface area contributed by atoms with E-state index in [9.17, 15) is 9.59 Å². The third-order valence-electron chi connectivity index (χ3n) is 4.33. The van der Waals surface area contributed by atoms with E-state index in [1.807, 2.05) is 60.7 Å². The van der Waals surface area contributed by atoms with E-state index in [0.29, 0.717) is 0 Å². The van der Waals surface area contributed by atoms with Gasteiger partial charge in [-0.1, -0.05) is 66.7 Å². The third-order valence-corrected chi connectivity index (χ3v) is 4.33. The first-order valence-electron chi connectivity index (χ1n) is 7.97. The van der Waals surface area contributed by atoms with E-state index in [2.05, 4.69) is 0 Å². The minimum atomic E-state index is -0.352. The lowest BCUT2D eigenvalue weighted by Crippen LogP contribution is -2.35. The van der Waals surface area contributed by atoms with Gasteiger partial charge in [0.15, 0.2) is 0 Å². The Kier molecular flexibility index (Phi) is 4.47. The highest BCUT2D eigenvalue weighted by Gasteiger charge is 2.47. The Balaban J connectivity index is 2.13. The molecule has 3 amide bonds. The summed E-state index contributed by atoms with van der Waals surface area (Å²) in [6.07, 6.45) is 3.10. The number of urea groups is 1. The summed E-state index contributed by atoms with van der Waals surface area (Å²) in [5.74, 6) is -0.290. The molecule has 0 spiro atoms. The number of benzene rings is 2. The average molecular weight is 320 g/mol. The molecule has 2 aromatic carbocycles. The summed E-state index contributed by atoms with van der Waals surface area (Å²) in [6, 6.07) is 18.7. The molecule has 1 fully saturated rings. The fourth-order valence-corrected chi connectivity index (χ4v) is 3.25. The van der Waals surface area contributed by atoms with Crippen molar-refractivity contribution in [3.8, 4) is 0 Å². The fourth-order valence-electron chi connectivity index (χ4n) is 3.25. The van der Waals surface area contributed by atoms with Crippen LogP contribution in [-0.4, -0.2) is 28.8 Å². The minimum absolute atomic E-state index is 0.213. The lowest BCUT2D eigenvalue weighted by molar-refractivity contribution is -0.124. The monoisotopic (exact) mass is 320 g/mol. The van der Waals surface area contributed by atoms with Gasteiger partial charge in [-0.05, 0) is 24.1 Å². The van der Waals surface area contributed by atoms with E-state index >= 15 is 0 Å². The van der Waals surface area contributed by atoms with Gasteiger partial charge in [-0.3, -0.25) is 9.69 Å². The molecule has 0 aliphatic carbocycles. The van der Waals surface area contributed by atoms with E-state index in [4.69, 9.17) is 0 Å². The summed E-state index contributed by atoms with van der Waals surface area (Å²) in [5.41, 5.74) is 1.96. The van der Waals surface area contributed by atoms with Crippen LogP contribution < -0.4 is 0 Å². The van der Waals surface area contributed by atoms with Crippen molar-refractivity contribution < 1.29 is 9.59 Å². The van der Waals surface area contributed by atoms with E-state index in [-0.39, 0.29) is 24.0 Å². The zero-order chi connectivity index (χ0) is 17.1. The van der Waals surface area contributed by atoms with Crippen LogP contribution in [0.4, 0.5) is 4.79 Å². The SMILES string of the molecule is C/C=C/C(=O)N1C(=O)N(C)[C@@H](c2ccccc2)[C@@H]1c1ccccc1. The Morgan fingerprint density at radius 2 is 1.42 bits per heavy atom. The Morgan fingerprint density at radius 3 is 1.92 bits per heavy atom. The van der Waals surface area contributed by atoms with Crippen LogP contribution in [-0.2, 0) is 4.79 Å². The maximum Gasteiger partial charge on any atom is 0.327 e. The van der Waals surface area contributed by atoms with Crippen molar-refractivity contribution in [3.63, 3.8) is 0 Å². The molecule has 0 radical (unpaired) electrons. The molecular formula is C20H20N2O2. The molecule has 0 N–H and O–H groups in total. The van der Waals surface area contributed by atoms with E-state index in [0.717, 1.165) is 11.1 Å². The van der Waals surface area contributed by atoms with E-state index < -0.39 is 0 Å². The first kappa shape index (κ1) is 16.0. The van der Waals surface area contributed by atoms with Crippen LogP contribution in [0, 0.1) is 0 Å². The molecule has 0 unspecified atom stereocenters. The van der Waals surface area contributed by atoms with Crippen molar-refractivity contribution in [3.05, 3.63) is 83.9 Å². The second kappa shape index (κ2) is 6.71. The average Bonchev–Trinajstić information content (AvgIpc) is 2.88. The van der Waals surface area contributed by atoms with Gasteiger partial charge in [0.25, 0.3) is 5.91 Å². The zero-order valence-corrected chi connectivity index (χ0v) is 13.8. The number of imide groups is 1. The topological polar surface area (TPSA) is 40.6 Å². The summed E-state index contributed by atoms with van der Waals surface area (Å²) in [6.45, 7) is 1.77. The van der Waals surface area contributed by atoms with Crippen molar-refractivity contribution in [2.75, 3.05) is 7.05 Å². The normalized spacial score (nSPS) is 20.8. The molecule has 122 valence electrons. The molecule has 0 aromatic heterocycles. The maximum atomic E-state index is 12.8. The second-order valence-electron chi connectivity index (χ2n) is 5.81. The first-order chi connectivity index (χ1) is 11.6. The van der Waals surface area contributed by atoms with Crippen molar-refractivity contribution >= 4 is 11.9 Å². The van der Waals surface area contributed by atoms with E-state index in [1.54, 1.807) is 24.9 Å². The molecule has 0 bridgehead atoms. The Hall–Kier alpha value is -2.88. The molecule has 24 heavy (non-hydrogen) atoms. The van der Waals surface area contributed by atoms with Crippen LogP contribution in [0.2, 0.25) is 0 Å². The molecule has 1 heterocycles. The highest BCUT2D eigenvalue weighted by atomic mass is 16.2. The quantitative estimate of drug-likeness (QED) is 0.804. The summed E-state index contributed by atoms with van der Waals surface area (Å²) in [4.78, 5) is 28.3. The number of likely N-dealkylation sites (N-methyl/N-ethyl adjacent to an activating group) is 1. The summed E-state index contributed by atoms with van der Waals surface area (Å²) >= 11 is 0. The predicted molar refractivity (Wildman–Crippen MR) is 93.2 cm³/mol. The Labute approximate surface area is 142 Å². The van der Waals surface area contributed by atoms with Crippen LogP contribution in [0.1, 0.15) is 30.1 Å². The van der Waals surface area contributed by atoms with Crippen LogP contribution in [0.15, 0.2) is 72.8 Å². The third kappa shape index (κ3) is 2.71. The number of carbonyl (C=O) groups excluding carboxylic acids is 2. The Bertz CT molecular complexity index is 756. The largest absolute Gasteiger partial charge is 0.327 e. The molecule has 4 nitrogen and oxygen atoms in total. The number of rotatable bonds is 3. The molecule has 1 saturated heterocycles.